The Morgan fingerprint density at radius 1 is 1.00 bits per heavy atom. The maximum Gasteiger partial charge on any atom is 0.275 e. The monoisotopic (exact) mass is 447 g/mol. The average molecular weight is 448 g/mol. The molecule has 32 heavy (non-hydrogen) atoms. The lowest BCUT2D eigenvalue weighted by molar-refractivity contribution is 0.496. The van der Waals surface area contributed by atoms with Crippen LogP contribution in [0.2, 0.25) is 5.02 Å². The van der Waals surface area contributed by atoms with E-state index in [2.05, 4.69) is 5.10 Å². The molecule has 0 aliphatic rings. The Morgan fingerprint density at radius 2 is 1.66 bits per heavy atom. The molecule has 1 atom stereocenters. The van der Waals surface area contributed by atoms with Crippen molar-refractivity contribution >= 4 is 11.6 Å². The van der Waals surface area contributed by atoms with Crippen molar-refractivity contribution in [3.05, 3.63) is 122 Å². The second-order valence-corrected chi connectivity index (χ2v) is 8.11. The van der Waals surface area contributed by atoms with Crippen LogP contribution in [0.1, 0.15) is 28.4 Å². The summed E-state index contributed by atoms with van der Waals surface area (Å²) >= 11 is 6.44. The first kappa shape index (κ1) is 21.9. The molecule has 0 saturated heterocycles. The van der Waals surface area contributed by atoms with Crippen LogP contribution in [0.3, 0.4) is 0 Å². The van der Waals surface area contributed by atoms with Crippen LogP contribution in [0.4, 0.5) is 4.39 Å². The van der Waals surface area contributed by atoms with Crippen LogP contribution in [-0.4, -0.2) is 9.78 Å². The van der Waals surface area contributed by atoms with Crippen LogP contribution >= 0.6 is 11.6 Å². The number of benzene rings is 3. The van der Waals surface area contributed by atoms with E-state index in [-0.39, 0.29) is 24.3 Å². The molecule has 1 unspecified atom stereocenters. The van der Waals surface area contributed by atoms with Crippen molar-refractivity contribution in [1.29, 1.82) is 0 Å². The summed E-state index contributed by atoms with van der Waals surface area (Å²) in [5.74, 6) is -0.313. The van der Waals surface area contributed by atoms with E-state index in [1.165, 1.54) is 10.7 Å². The fourth-order valence-corrected chi connectivity index (χ4v) is 4.02. The van der Waals surface area contributed by atoms with Gasteiger partial charge in [0, 0.05) is 23.0 Å². The topological polar surface area (TPSA) is 60.9 Å². The van der Waals surface area contributed by atoms with Gasteiger partial charge in [-0.1, -0.05) is 78.3 Å². The molecular formula is C26H23ClFN3O. The molecule has 0 aliphatic heterocycles. The van der Waals surface area contributed by atoms with E-state index in [0.717, 1.165) is 5.56 Å². The van der Waals surface area contributed by atoms with Gasteiger partial charge >= 0.3 is 0 Å². The van der Waals surface area contributed by atoms with E-state index >= 15 is 0 Å². The minimum absolute atomic E-state index is 0.185. The fourth-order valence-electron chi connectivity index (χ4n) is 3.79. The van der Waals surface area contributed by atoms with Crippen LogP contribution in [-0.2, 0) is 13.0 Å². The van der Waals surface area contributed by atoms with Gasteiger partial charge in [0.05, 0.1) is 17.8 Å². The first-order valence-electron chi connectivity index (χ1n) is 10.3. The Balaban J connectivity index is 1.85. The van der Waals surface area contributed by atoms with Gasteiger partial charge in [-0.15, -0.1) is 0 Å². The minimum Gasteiger partial charge on any atom is -0.322 e. The summed E-state index contributed by atoms with van der Waals surface area (Å²) in [4.78, 5) is 13.5. The minimum atomic E-state index is -0.426. The zero-order chi connectivity index (χ0) is 22.7. The van der Waals surface area contributed by atoms with E-state index in [0.29, 0.717) is 33.0 Å². The maximum absolute atomic E-state index is 14.4. The SMILES string of the molecule is Cc1c(Cc2ccccc2F)nn(CC(N)c2ccccc2)c(=O)c1-c1ccccc1Cl. The molecule has 1 heterocycles. The van der Waals surface area contributed by atoms with Gasteiger partial charge < -0.3 is 5.73 Å². The number of aromatic nitrogens is 2. The highest BCUT2D eigenvalue weighted by Gasteiger charge is 2.20. The average Bonchev–Trinajstić information content (AvgIpc) is 2.80. The van der Waals surface area contributed by atoms with Crippen molar-refractivity contribution < 1.29 is 4.39 Å². The lowest BCUT2D eigenvalue weighted by Gasteiger charge is -2.18. The molecule has 0 fully saturated rings. The second kappa shape index (κ2) is 9.47. The van der Waals surface area contributed by atoms with Gasteiger partial charge in [0.15, 0.2) is 0 Å². The number of rotatable bonds is 6. The fraction of sp³-hybridized carbons (Fsp3) is 0.154. The third-order valence-corrected chi connectivity index (χ3v) is 5.88. The van der Waals surface area contributed by atoms with Gasteiger partial charge in [0.1, 0.15) is 5.82 Å². The Labute approximate surface area is 191 Å². The molecule has 2 N–H and O–H groups in total. The summed E-state index contributed by atoms with van der Waals surface area (Å²) < 4.78 is 15.7. The molecule has 0 radical (unpaired) electrons. The molecule has 6 heteroatoms. The third kappa shape index (κ3) is 4.49. The molecule has 3 aromatic carbocycles. The summed E-state index contributed by atoms with van der Waals surface area (Å²) in [5.41, 5.74) is 9.88. The van der Waals surface area contributed by atoms with Gasteiger partial charge in [-0.25, -0.2) is 9.07 Å². The standard InChI is InChI=1S/C26H23ClFN3O/c1-17-24(15-19-11-5-8-14-22(19)28)30-31(16-23(29)18-9-3-2-4-10-18)26(32)25(17)20-12-6-7-13-21(20)27/h2-14,23H,15-16,29H2,1H3. The van der Waals surface area contributed by atoms with E-state index in [4.69, 9.17) is 17.3 Å². The van der Waals surface area contributed by atoms with Gasteiger partial charge in [0.25, 0.3) is 5.56 Å². The van der Waals surface area contributed by atoms with Gasteiger partial charge in [-0.3, -0.25) is 4.79 Å². The summed E-state index contributed by atoms with van der Waals surface area (Å²) in [7, 11) is 0. The van der Waals surface area contributed by atoms with Crippen molar-refractivity contribution in [3.63, 3.8) is 0 Å². The molecule has 0 aliphatic carbocycles. The van der Waals surface area contributed by atoms with Gasteiger partial charge in [-0.05, 0) is 35.7 Å². The van der Waals surface area contributed by atoms with Gasteiger partial charge in [-0.2, -0.15) is 5.10 Å². The molecule has 4 rings (SSSR count). The predicted octanol–water partition coefficient (Wildman–Crippen LogP) is 5.30. The molecular weight excluding hydrogens is 425 g/mol. The predicted molar refractivity (Wildman–Crippen MR) is 126 cm³/mol. The third-order valence-electron chi connectivity index (χ3n) is 5.55. The van der Waals surface area contributed by atoms with Crippen molar-refractivity contribution in [3.8, 4) is 11.1 Å². The number of hydrogen-bond donors (Lipinski definition) is 1. The molecule has 4 aromatic rings. The van der Waals surface area contributed by atoms with Crippen molar-refractivity contribution in [2.75, 3.05) is 0 Å². The first-order valence-corrected chi connectivity index (χ1v) is 10.7. The van der Waals surface area contributed by atoms with E-state index < -0.39 is 6.04 Å². The molecule has 1 aromatic heterocycles. The second-order valence-electron chi connectivity index (χ2n) is 7.70. The van der Waals surface area contributed by atoms with E-state index in [9.17, 15) is 9.18 Å². The number of nitrogens with zero attached hydrogens (tertiary/aromatic N) is 2. The van der Waals surface area contributed by atoms with Crippen LogP contribution < -0.4 is 11.3 Å². The van der Waals surface area contributed by atoms with Crippen molar-refractivity contribution in [1.82, 2.24) is 9.78 Å². The summed E-state index contributed by atoms with van der Waals surface area (Å²) in [5, 5.41) is 5.07. The Morgan fingerprint density at radius 3 is 2.38 bits per heavy atom. The van der Waals surface area contributed by atoms with Crippen LogP contribution in [0.25, 0.3) is 11.1 Å². The maximum atomic E-state index is 14.4. The van der Waals surface area contributed by atoms with Gasteiger partial charge in [0.2, 0.25) is 0 Å². The van der Waals surface area contributed by atoms with Crippen LogP contribution in [0.15, 0.2) is 83.7 Å². The summed E-state index contributed by atoms with van der Waals surface area (Å²) in [6, 6.07) is 22.9. The lowest BCUT2D eigenvalue weighted by atomic mass is 9.98. The normalized spacial score (nSPS) is 12.0. The molecule has 4 nitrogen and oxygen atoms in total. The highest BCUT2D eigenvalue weighted by Crippen LogP contribution is 2.29. The highest BCUT2D eigenvalue weighted by molar-refractivity contribution is 6.33. The zero-order valence-electron chi connectivity index (χ0n) is 17.6. The molecule has 162 valence electrons. The Hall–Kier alpha value is -3.28. The van der Waals surface area contributed by atoms with E-state index in [1.807, 2.05) is 49.4 Å². The summed E-state index contributed by atoms with van der Waals surface area (Å²) in [6.45, 7) is 2.01. The quantitative estimate of drug-likeness (QED) is 0.436. The molecule has 0 spiro atoms. The Bertz CT molecular complexity index is 1300. The Kier molecular flexibility index (Phi) is 6.49. The largest absolute Gasteiger partial charge is 0.322 e. The molecule has 0 bridgehead atoms. The first-order chi connectivity index (χ1) is 15.5. The smallest absolute Gasteiger partial charge is 0.275 e. The molecule has 0 saturated carbocycles. The van der Waals surface area contributed by atoms with Crippen molar-refractivity contribution in [2.45, 2.75) is 25.9 Å². The summed E-state index contributed by atoms with van der Waals surface area (Å²) in [6.07, 6.45) is 0.247. The highest BCUT2D eigenvalue weighted by atomic mass is 35.5. The lowest BCUT2D eigenvalue weighted by Crippen LogP contribution is -2.32. The zero-order valence-corrected chi connectivity index (χ0v) is 18.4. The number of nitrogens with two attached hydrogens (primary N) is 1. The number of halogens is 2. The molecule has 0 amide bonds. The van der Waals surface area contributed by atoms with E-state index in [1.54, 1.807) is 30.3 Å². The van der Waals surface area contributed by atoms with Crippen LogP contribution in [0, 0.1) is 12.7 Å². The number of hydrogen-bond acceptors (Lipinski definition) is 3. The van der Waals surface area contributed by atoms with Crippen molar-refractivity contribution in [2.24, 2.45) is 5.73 Å². The van der Waals surface area contributed by atoms with Crippen LogP contribution in [0.5, 0.6) is 0 Å².